The van der Waals surface area contributed by atoms with Crippen LogP contribution in [0, 0.1) is 0 Å². The number of methoxy groups -OCH3 is 1. The number of hydrogen-bond donors (Lipinski definition) is 2. The molecule has 1 fully saturated rings. The topological polar surface area (TPSA) is 106 Å². The molecule has 1 aliphatic rings. The largest absolute Gasteiger partial charge is 0.495 e. The fraction of sp³-hybridized carbons (Fsp3) is 0.304. The van der Waals surface area contributed by atoms with E-state index < -0.39 is 16.0 Å². The molecule has 0 amide bonds. The Morgan fingerprint density at radius 3 is 2.66 bits per heavy atom. The maximum absolute atomic E-state index is 12.9. The van der Waals surface area contributed by atoms with Crippen LogP contribution in [0.4, 0.5) is 5.69 Å². The Kier molecular flexibility index (Phi) is 6.48. The number of rotatable bonds is 7. The number of aromatic carboxylic acids is 1. The third-order valence-corrected chi connectivity index (χ3v) is 7.95. The van der Waals surface area contributed by atoms with Gasteiger partial charge in [0.05, 0.1) is 18.4 Å². The monoisotopic (exact) mass is 472 g/mol. The molecule has 9 heteroatoms. The van der Waals surface area contributed by atoms with E-state index >= 15 is 0 Å². The summed E-state index contributed by atoms with van der Waals surface area (Å²) in [6.45, 7) is 0. The molecule has 0 atom stereocenters. The Labute approximate surface area is 191 Å². The first kappa shape index (κ1) is 22.3. The molecule has 1 saturated carbocycles. The molecule has 168 valence electrons. The smallest absolute Gasteiger partial charge is 0.335 e. The van der Waals surface area contributed by atoms with Crippen molar-refractivity contribution < 1.29 is 23.1 Å². The zero-order chi connectivity index (χ0) is 22.7. The fourth-order valence-electron chi connectivity index (χ4n) is 3.98. The van der Waals surface area contributed by atoms with Crippen molar-refractivity contribution in [3.63, 3.8) is 0 Å². The van der Waals surface area contributed by atoms with Gasteiger partial charge in [0.15, 0.2) is 5.03 Å². The first-order valence-corrected chi connectivity index (χ1v) is 12.7. The van der Waals surface area contributed by atoms with Crippen LogP contribution in [0.5, 0.6) is 5.75 Å². The number of anilines is 1. The van der Waals surface area contributed by atoms with Gasteiger partial charge in [-0.05, 0) is 48.6 Å². The number of aromatic nitrogens is 1. The molecule has 0 bridgehead atoms. The summed E-state index contributed by atoms with van der Waals surface area (Å²) >= 11 is 1.27. The molecule has 0 unspecified atom stereocenters. The molecular formula is C23H24N2O5S2. The Morgan fingerprint density at radius 2 is 1.94 bits per heavy atom. The zero-order valence-corrected chi connectivity index (χ0v) is 19.2. The first-order valence-electron chi connectivity index (χ1n) is 10.4. The van der Waals surface area contributed by atoms with Crippen LogP contribution in [0.2, 0.25) is 0 Å². The van der Waals surface area contributed by atoms with Crippen LogP contribution in [0.15, 0.2) is 52.9 Å². The Hall–Kier alpha value is -2.91. The minimum Gasteiger partial charge on any atom is -0.495 e. The normalized spacial score (nSPS) is 14.8. The molecule has 1 aliphatic carbocycles. The van der Waals surface area contributed by atoms with Crippen LogP contribution >= 0.6 is 11.3 Å². The summed E-state index contributed by atoms with van der Waals surface area (Å²) in [5.74, 6) is -0.462. The van der Waals surface area contributed by atoms with E-state index in [1.807, 2.05) is 12.1 Å². The molecule has 3 aromatic rings. The second kappa shape index (κ2) is 9.30. The number of hydrogen-bond acceptors (Lipinski definition) is 6. The highest BCUT2D eigenvalue weighted by molar-refractivity contribution is 7.92. The summed E-state index contributed by atoms with van der Waals surface area (Å²) in [5.41, 5.74) is 2.33. The average molecular weight is 473 g/mol. The molecule has 0 aliphatic heterocycles. The van der Waals surface area contributed by atoms with Gasteiger partial charge < -0.3 is 9.84 Å². The summed E-state index contributed by atoms with van der Waals surface area (Å²) < 4.78 is 33.4. The van der Waals surface area contributed by atoms with Gasteiger partial charge >= 0.3 is 5.97 Å². The Morgan fingerprint density at radius 1 is 1.16 bits per heavy atom. The molecule has 2 aromatic carbocycles. The second-order valence-electron chi connectivity index (χ2n) is 7.78. The number of nitrogens with zero attached hydrogens (tertiary/aromatic N) is 1. The SMILES string of the molecule is COc1cc(C(=O)O)ccc1NS(=O)(=O)c1csc(-c2cccc(C3CCCCC3)c2)n1. The van der Waals surface area contributed by atoms with E-state index in [0.29, 0.717) is 10.9 Å². The summed E-state index contributed by atoms with van der Waals surface area (Å²) in [5, 5.41) is 11.2. The van der Waals surface area contributed by atoms with Crippen LogP contribution < -0.4 is 9.46 Å². The number of carbonyl (C=O) groups is 1. The standard InChI is InChI=1S/C23H24N2O5S2/c1-30-20-13-18(23(26)27)10-11-19(20)25-32(28,29)21-14-31-22(24-21)17-9-5-8-16(12-17)15-6-3-2-4-7-15/h5,8-15,25H,2-4,6-7H2,1H3,(H,26,27). The van der Waals surface area contributed by atoms with E-state index in [2.05, 4.69) is 21.8 Å². The summed E-state index contributed by atoms with van der Waals surface area (Å²) in [6.07, 6.45) is 6.16. The molecule has 7 nitrogen and oxygen atoms in total. The van der Waals surface area contributed by atoms with Gasteiger partial charge in [-0.2, -0.15) is 8.42 Å². The number of carboxylic acid groups (broad SMARTS) is 1. The van der Waals surface area contributed by atoms with Crippen molar-refractivity contribution in [1.29, 1.82) is 0 Å². The molecule has 0 saturated heterocycles. The van der Waals surface area contributed by atoms with E-state index in [1.54, 1.807) is 0 Å². The van der Waals surface area contributed by atoms with Gasteiger partial charge in [-0.3, -0.25) is 4.72 Å². The minimum atomic E-state index is -3.97. The van der Waals surface area contributed by atoms with E-state index in [1.165, 1.54) is 79.7 Å². The fourth-order valence-corrected chi connectivity index (χ4v) is 6.14. The molecule has 2 N–H and O–H groups in total. The third-order valence-electron chi connectivity index (χ3n) is 5.66. The Balaban J connectivity index is 1.57. The molecular weight excluding hydrogens is 448 g/mol. The minimum absolute atomic E-state index is 0.00131. The quantitative estimate of drug-likeness (QED) is 0.479. The van der Waals surface area contributed by atoms with E-state index in [-0.39, 0.29) is 22.0 Å². The molecule has 4 rings (SSSR count). The van der Waals surface area contributed by atoms with Crippen LogP contribution in [-0.2, 0) is 10.0 Å². The van der Waals surface area contributed by atoms with Crippen LogP contribution in [-0.4, -0.2) is 31.6 Å². The number of benzene rings is 2. The van der Waals surface area contributed by atoms with Crippen molar-refractivity contribution in [3.05, 3.63) is 59.0 Å². The lowest BCUT2D eigenvalue weighted by molar-refractivity contribution is 0.0696. The van der Waals surface area contributed by atoms with Crippen molar-refractivity contribution in [2.75, 3.05) is 11.8 Å². The van der Waals surface area contributed by atoms with Gasteiger partial charge in [-0.1, -0.05) is 37.5 Å². The van der Waals surface area contributed by atoms with Gasteiger partial charge in [0.1, 0.15) is 10.8 Å². The summed E-state index contributed by atoms with van der Waals surface area (Å²) in [7, 11) is -2.63. The molecule has 32 heavy (non-hydrogen) atoms. The highest BCUT2D eigenvalue weighted by Crippen LogP contribution is 2.35. The molecule has 0 spiro atoms. The highest BCUT2D eigenvalue weighted by Gasteiger charge is 2.22. The predicted molar refractivity (Wildman–Crippen MR) is 124 cm³/mol. The van der Waals surface area contributed by atoms with Crippen LogP contribution in [0.3, 0.4) is 0 Å². The van der Waals surface area contributed by atoms with Crippen molar-refractivity contribution in [2.24, 2.45) is 0 Å². The van der Waals surface area contributed by atoms with Gasteiger partial charge in [0.25, 0.3) is 10.0 Å². The molecule has 1 aromatic heterocycles. The van der Waals surface area contributed by atoms with E-state index in [0.717, 1.165) is 5.56 Å². The summed E-state index contributed by atoms with van der Waals surface area (Å²) in [4.78, 5) is 15.5. The number of ether oxygens (including phenoxy) is 1. The number of sulfonamides is 1. The van der Waals surface area contributed by atoms with E-state index in [4.69, 9.17) is 9.84 Å². The molecule has 1 heterocycles. The third kappa shape index (κ3) is 4.78. The molecule has 0 radical (unpaired) electrons. The number of nitrogens with one attached hydrogen (secondary N) is 1. The lowest BCUT2D eigenvalue weighted by Crippen LogP contribution is -2.14. The highest BCUT2D eigenvalue weighted by atomic mass is 32.2. The average Bonchev–Trinajstić information content (AvgIpc) is 3.31. The van der Waals surface area contributed by atoms with Crippen molar-refractivity contribution in [2.45, 2.75) is 43.0 Å². The second-order valence-corrected chi connectivity index (χ2v) is 10.3. The maximum Gasteiger partial charge on any atom is 0.335 e. The maximum atomic E-state index is 12.9. The lowest BCUT2D eigenvalue weighted by Gasteiger charge is -2.22. The van der Waals surface area contributed by atoms with Crippen molar-refractivity contribution >= 4 is 33.0 Å². The van der Waals surface area contributed by atoms with Gasteiger partial charge in [-0.25, -0.2) is 9.78 Å². The van der Waals surface area contributed by atoms with Crippen LogP contribution in [0.1, 0.15) is 53.9 Å². The zero-order valence-electron chi connectivity index (χ0n) is 17.6. The Bertz CT molecular complexity index is 1230. The van der Waals surface area contributed by atoms with Crippen molar-refractivity contribution in [1.82, 2.24) is 4.98 Å². The van der Waals surface area contributed by atoms with Crippen molar-refractivity contribution in [3.8, 4) is 16.3 Å². The van der Waals surface area contributed by atoms with E-state index in [9.17, 15) is 13.2 Å². The predicted octanol–water partition coefficient (Wildman–Crippen LogP) is 5.37. The number of thiazole rings is 1. The lowest BCUT2D eigenvalue weighted by atomic mass is 9.84. The summed E-state index contributed by atoms with van der Waals surface area (Å²) in [6, 6.07) is 12.1. The first-order chi connectivity index (χ1) is 15.4. The number of carboxylic acids is 1. The van der Waals surface area contributed by atoms with Crippen LogP contribution in [0.25, 0.3) is 10.6 Å². The van der Waals surface area contributed by atoms with Gasteiger partial charge in [0.2, 0.25) is 0 Å². The van der Waals surface area contributed by atoms with Gasteiger partial charge in [-0.15, -0.1) is 11.3 Å². The van der Waals surface area contributed by atoms with Gasteiger partial charge in [0, 0.05) is 10.9 Å².